The number of benzene rings is 3. The largest absolute Gasteiger partial charge is 0.478 e. The Hall–Kier alpha value is -3.07. The Balaban J connectivity index is 1.75. The number of fused-ring (bicyclic) bond motifs is 5. The molecule has 3 aromatic carbocycles. The number of carboxylic acids is 1. The summed E-state index contributed by atoms with van der Waals surface area (Å²) in [6.07, 6.45) is 1.00. The van der Waals surface area contributed by atoms with Crippen LogP contribution in [0.2, 0.25) is 0 Å². The third-order valence-electron chi connectivity index (χ3n) is 6.43. The summed E-state index contributed by atoms with van der Waals surface area (Å²) in [6, 6.07) is 20.9. The van der Waals surface area contributed by atoms with Gasteiger partial charge in [0.2, 0.25) is 0 Å². The predicted molar refractivity (Wildman–Crippen MR) is 111 cm³/mol. The van der Waals surface area contributed by atoms with Crippen LogP contribution in [0.5, 0.6) is 0 Å². The van der Waals surface area contributed by atoms with Gasteiger partial charge in [-0.15, -0.1) is 0 Å². The van der Waals surface area contributed by atoms with Crippen LogP contribution >= 0.6 is 0 Å². The monoisotopic (exact) mass is 369 g/mol. The minimum Gasteiger partial charge on any atom is -0.478 e. The van der Waals surface area contributed by atoms with E-state index in [-0.39, 0.29) is 12.0 Å². The van der Waals surface area contributed by atoms with Crippen molar-refractivity contribution in [3.63, 3.8) is 0 Å². The molecular weight excluding hydrogens is 346 g/mol. The Morgan fingerprint density at radius 3 is 2.57 bits per heavy atom. The van der Waals surface area contributed by atoms with E-state index in [0.29, 0.717) is 11.5 Å². The first-order valence-corrected chi connectivity index (χ1v) is 9.82. The van der Waals surface area contributed by atoms with Crippen LogP contribution in [-0.2, 0) is 6.42 Å². The molecule has 0 radical (unpaired) electrons. The zero-order valence-corrected chi connectivity index (χ0v) is 16.1. The molecule has 0 saturated heterocycles. The van der Waals surface area contributed by atoms with Gasteiger partial charge in [-0.05, 0) is 60.1 Å². The first-order chi connectivity index (χ1) is 13.5. The summed E-state index contributed by atoms with van der Waals surface area (Å²) in [5.74, 6) is -0.292. The van der Waals surface area contributed by atoms with E-state index in [1.165, 1.54) is 27.8 Å². The average molecular weight is 369 g/mol. The van der Waals surface area contributed by atoms with Gasteiger partial charge in [0.05, 0.1) is 17.3 Å². The van der Waals surface area contributed by atoms with Crippen LogP contribution < -0.4 is 5.32 Å². The van der Waals surface area contributed by atoms with Crippen LogP contribution in [0.4, 0.5) is 5.69 Å². The highest BCUT2D eigenvalue weighted by Gasteiger charge is 2.44. The lowest BCUT2D eigenvalue weighted by Crippen LogP contribution is -2.32. The fourth-order valence-corrected chi connectivity index (χ4v) is 5.17. The Bertz CT molecular complexity index is 1100. The van der Waals surface area contributed by atoms with Crippen molar-refractivity contribution in [2.75, 3.05) is 5.32 Å². The lowest BCUT2D eigenvalue weighted by Gasteiger charge is -2.39. The Kier molecular flexibility index (Phi) is 3.80. The first kappa shape index (κ1) is 17.1. The average Bonchev–Trinajstić information content (AvgIpc) is 3.08. The lowest BCUT2D eigenvalue weighted by atomic mass is 9.74. The summed E-state index contributed by atoms with van der Waals surface area (Å²) in [6.45, 7) is 4.26. The second-order valence-corrected chi connectivity index (χ2v) is 8.10. The molecule has 0 amide bonds. The van der Waals surface area contributed by atoms with Crippen LogP contribution in [0, 0.1) is 19.8 Å². The number of para-hydroxylation sites is 1. The molecule has 0 bridgehead atoms. The van der Waals surface area contributed by atoms with Crippen molar-refractivity contribution in [1.29, 1.82) is 0 Å². The minimum absolute atomic E-state index is 0.0882. The van der Waals surface area contributed by atoms with E-state index < -0.39 is 5.97 Å². The van der Waals surface area contributed by atoms with Crippen molar-refractivity contribution in [3.05, 3.63) is 99.6 Å². The highest BCUT2D eigenvalue weighted by molar-refractivity contribution is 5.96. The van der Waals surface area contributed by atoms with E-state index in [9.17, 15) is 9.90 Å². The van der Waals surface area contributed by atoms with Gasteiger partial charge in [0, 0.05) is 5.92 Å². The summed E-state index contributed by atoms with van der Waals surface area (Å²) in [4.78, 5) is 11.9. The number of carboxylic acid groups (broad SMARTS) is 1. The number of hydrogen-bond acceptors (Lipinski definition) is 2. The third kappa shape index (κ3) is 2.46. The highest BCUT2D eigenvalue weighted by Crippen LogP contribution is 2.54. The fraction of sp³-hybridized carbons (Fsp3) is 0.240. The molecule has 2 N–H and O–H groups in total. The van der Waals surface area contributed by atoms with Crippen LogP contribution in [-0.4, -0.2) is 11.1 Å². The molecule has 5 rings (SSSR count). The third-order valence-corrected chi connectivity index (χ3v) is 6.43. The predicted octanol–water partition coefficient (Wildman–Crippen LogP) is 5.47. The van der Waals surface area contributed by atoms with E-state index in [4.69, 9.17) is 0 Å². The number of carbonyl (C=O) groups is 1. The molecule has 0 saturated carbocycles. The van der Waals surface area contributed by atoms with Gasteiger partial charge in [-0.2, -0.15) is 0 Å². The summed E-state index contributed by atoms with van der Waals surface area (Å²) in [5, 5.41) is 13.4. The lowest BCUT2D eigenvalue weighted by molar-refractivity contribution is 0.0697. The summed E-state index contributed by atoms with van der Waals surface area (Å²) >= 11 is 0. The van der Waals surface area contributed by atoms with E-state index in [1.807, 2.05) is 6.07 Å². The van der Waals surface area contributed by atoms with Crippen molar-refractivity contribution in [2.24, 2.45) is 5.92 Å². The molecule has 1 heterocycles. The first-order valence-electron chi connectivity index (χ1n) is 9.82. The molecule has 0 fully saturated rings. The topological polar surface area (TPSA) is 49.3 Å². The van der Waals surface area contributed by atoms with Gasteiger partial charge in [0.1, 0.15) is 0 Å². The van der Waals surface area contributed by atoms with Gasteiger partial charge in [-0.1, -0.05) is 60.2 Å². The number of aryl methyl sites for hydroxylation is 2. The molecule has 0 unspecified atom stereocenters. The van der Waals surface area contributed by atoms with Crippen molar-refractivity contribution >= 4 is 11.7 Å². The number of nitrogens with one attached hydrogen (secondary N) is 1. The minimum atomic E-state index is -0.881. The van der Waals surface area contributed by atoms with Gasteiger partial charge in [-0.3, -0.25) is 0 Å². The van der Waals surface area contributed by atoms with E-state index >= 15 is 0 Å². The molecule has 3 nitrogen and oxygen atoms in total. The fourth-order valence-electron chi connectivity index (χ4n) is 5.17. The zero-order valence-electron chi connectivity index (χ0n) is 16.1. The van der Waals surface area contributed by atoms with Crippen LogP contribution in [0.3, 0.4) is 0 Å². The standard InChI is InChI=1S/C25H23NO2/c1-14-10-11-15(2)20(12-14)24-21-13-16-6-3-4-7-17(16)22(21)18-8-5-9-19(25(27)28)23(18)26-24/h3-12,21-22,24,26H,13H2,1-2H3,(H,27,28)/t21-,22+,24+/m1/s1. The van der Waals surface area contributed by atoms with E-state index in [1.54, 1.807) is 6.07 Å². The molecule has 3 atom stereocenters. The van der Waals surface area contributed by atoms with Gasteiger partial charge in [0.25, 0.3) is 0 Å². The van der Waals surface area contributed by atoms with Crippen LogP contribution in [0.25, 0.3) is 0 Å². The molecular formula is C25H23NO2. The summed E-state index contributed by atoms with van der Waals surface area (Å²) < 4.78 is 0. The zero-order chi connectivity index (χ0) is 19.4. The summed E-state index contributed by atoms with van der Waals surface area (Å²) in [5.41, 5.74) is 8.71. The van der Waals surface area contributed by atoms with Crippen molar-refractivity contribution in [1.82, 2.24) is 0 Å². The normalized spacial score (nSPS) is 22.0. The number of aromatic carboxylic acids is 1. The van der Waals surface area contributed by atoms with Gasteiger partial charge in [0.15, 0.2) is 0 Å². The Morgan fingerprint density at radius 1 is 0.964 bits per heavy atom. The quantitative estimate of drug-likeness (QED) is 0.629. The SMILES string of the molecule is Cc1ccc(C)c([C@@H]2Nc3c(C(=O)O)cccc3[C@@H]3c4ccccc4C[C@H]32)c1. The molecule has 3 heteroatoms. The molecule has 0 spiro atoms. The maximum absolute atomic E-state index is 11.9. The number of rotatable bonds is 2. The van der Waals surface area contributed by atoms with Crippen molar-refractivity contribution in [3.8, 4) is 0 Å². The molecule has 1 aliphatic heterocycles. The summed E-state index contributed by atoms with van der Waals surface area (Å²) in [7, 11) is 0. The molecule has 3 aromatic rings. The molecule has 2 aliphatic rings. The highest BCUT2D eigenvalue weighted by atomic mass is 16.4. The molecule has 1 aliphatic carbocycles. The smallest absolute Gasteiger partial charge is 0.337 e. The van der Waals surface area contributed by atoms with Crippen LogP contribution in [0.1, 0.15) is 55.7 Å². The molecule has 0 aromatic heterocycles. The maximum Gasteiger partial charge on any atom is 0.337 e. The second kappa shape index (κ2) is 6.23. The molecule has 28 heavy (non-hydrogen) atoms. The second-order valence-electron chi connectivity index (χ2n) is 8.10. The molecule has 140 valence electrons. The van der Waals surface area contributed by atoms with E-state index in [0.717, 1.165) is 17.7 Å². The van der Waals surface area contributed by atoms with Gasteiger partial charge < -0.3 is 10.4 Å². The van der Waals surface area contributed by atoms with E-state index in [2.05, 4.69) is 67.7 Å². The van der Waals surface area contributed by atoms with Crippen LogP contribution in [0.15, 0.2) is 60.7 Å². The van der Waals surface area contributed by atoms with Gasteiger partial charge >= 0.3 is 5.97 Å². The maximum atomic E-state index is 11.9. The Morgan fingerprint density at radius 2 is 1.75 bits per heavy atom. The Labute approximate surface area is 165 Å². The van der Waals surface area contributed by atoms with Crippen molar-refractivity contribution in [2.45, 2.75) is 32.2 Å². The van der Waals surface area contributed by atoms with Crippen molar-refractivity contribution < 1.29 is 9.90 Å². The van der Waals surface area contributed by atoms with Gasteiger partial charge in [-0.25, -0.2) is 4.79 Å². The number of anilines is 1. The number of hydrogen-bond donors (Lipinski definition) is 2.